The summed E-state index contributed by atoms with van der Waals surface area (Å²) in [5.41, 5.74) is 8.89. The van der Waals surface area contributed by atoms with Gasteiger partial charge in [0.05, 0.1) is 11.7 Å². The zero-order chi connectivity index (χ0) is 13.3. The number of aryl methyl sites for hydroxylation is 1. The maximum atomic E-state index is 6.74. The molecule has 19 heavy (non-hydrogen) atoms. The maximum absolute atomic E-state index is 6.74. The Morgan fingerprint density at radius 2 is 2.00 bits per heavy atom. The fraction of sp³-hybridized carbons (Fsp3) is 0.812. The van der Waals surface area contributed by atoms with Crippen molar-refractivity contribution in [3.05, 3.63) is 18.0 Å². The monoisotopic (exact) mass is 259 g/mol. The van der Waals surface area contributed by atoms with E-state index in [2.05, 4.69) is 18.1 Å². The van der Waals surface area contributed by atoms with E-state index in [1.54, 1.807) is 0 Å². The second-order valence-corrected chi connectivity index (χ2v) is 7.99. The SMILES string of the molecule is Cn1nccc1C(N)C12CC3CC(CC(C)(C3)C1)C2. The molecule has 4 aliphatic rings. The van der Waals surface area contributed by atoms with Crippen LogP contribution >= 0.6 is 0 Å². The van der Waals surface area contributed by atoms with Crippen molar-refractivity contribution >= 4 is 0 Å². The number of hydrogen-bond acceptors (Lipinski definition) is 2. The van der Waals surface area contributed by atoms with E-state index >= 15 is 0 Å². The highest BCUT2D eigenvalue weighted by atomic mass is 15.3. The first-order valence-electron chi connectivity index (χ1n) is 7.73. The smallest absolute Gasteiger partial charge is 0.0553 e. The molecule has 0 aliphatic heterocycles. The van der Waals surface area contributed by atoms with Crippen LogP contribution in [-0.2, 0) is 7.05 Å². The van der Waals surface area contributed by atoms with Crippen molar-refractivity contribution in [1.29, 1.82) is 0 Å². The van der Waals surface area contributed by atoms with E-state index in [-0.39, 0.29) is 6.04 Å². The fourth-order valence-electron chi connectivity index (χ4n) is 6.16. The van der Waals surface area contributed by atoms with Gasteiger partial charge in [0, 0.05) is 13.2 Å². The summed E-state index contributed by atoms with van der Waals surface area (Å²) in [7, 11) is 2.03. The van der Waals surface area contributed by atoms with Gasteiger partial charge in [-0.15, -0.1) is 0 Å². The Morgan fingerprint density at radius 3 is 2.53 bits per heavy atom. The summed E-state index contributed by atoms with van der Waals surface area (Å²) in [6.45, 7) is 2.51. The zero-order valence-electron chi connectivity index (χ0n) is 12.1. The molecular weight excluding hydrogens is 234 g/mol. The average molecular weight is 259 g/mol. The minimum atomic E-state index is 0.172. The summed E-state index contributed by atoms with van der Waals surface area (Å²) in [5.74, 6) is 1.87. The van der Waals surface area contributed by atoms with Gasteiger partial charge in [-0.3, -0.25) is 4.68 Å². The number of nitrogens with two attached hydrogens (primary N) is 1. The highest BCUT2D eigenvalue weighted by Gasteiger charge is 2.58. The topological polar surface area (TPSA) is 43.8 Å². The molecule has 5 rings (SSSR count). The first kappa shape index (κ1) is 12.0. The Balaban J connectivity index is 1.72. The van der Waals surface area contributed by atoms with Crippen LogP contribution in [0.2, 0.25) is 0 Å². The molecule has 104 valence electrons. The van der Waals surface area contributed by atoms with Crippen LogP contribution in [0.1, 0.15) is 57.2 Å². The van der Waals surface area contributed by atoms with Crippen LogP contribution in [0.3, 0.4) is 0 Å². The summed E-state index contributed by atoms with van der Waals surface area (Å²) in [5, 5.41) is 4.32. The minimum absolute atomic E-state index is 0.172. The summed E-state index contributed by atoms with van der Waals surface area (Å²) < 4.78 is 1.98. The van der Waals surface area contributed by atoms with Gasteiger partial charge in [0.1, 0.15) is 0 Å². The van der Waals surface area contributed by atoms with Crippen molar-refractivity contribution in [2.24, 2.45) is 35.4 Å². The Bertz CT molecular complexity index is 490. The second kappa shape index (κ2) is 3.63. The van der Waals surface area contributed by atoms with Gasteiger partial charge in [-0.25, -0.2) is 0 Å². The van der Waals surface area contributed by atoms with Crippen LogP contribution in [-0.4, -0.2) is 9.78 Å². The summed E-state index contributed by atoms with van der Waals surface area (Å²) in [4.78, 5) is 0. The molecule has 2 N–H and O–H groups in total. The lowest BCUT2D eigenvalue weighted by atomic mass is 9.43. The zero-order valence-corrected chi connectivity index (χ0v) is 12.1. The van der Waals surface area contributed by atoms with Crippen LogP contribution in [0, 0.1) is 22.7 Å². The van der Waals surface area contributed by atoms with Crippen molar-refractivity contribution in [2.75, 3.05) is 0 Å². The van der Waals surface area contributed by atoms with Gasteiger partial charge >= 0.3 is 0 Å². The van der Waals surface area contributed by atoms with Crippen molar-refractivity contribution < 1.29 is 0 Å². The molecule has 4 bridgehead atoms. The number of nitrogens with zero attached hydrogens (tertiary/aromatic N) is 2. The van der Waals surface area contributed by atoms with E-state index in [0.29, 0.717) is 10.8 Å². The molecule has 0 amide bonds. The van der Waals surface area contributed by atoms with Crippen LogP contribution < -0.4 is 5.73 Å². The Labute approximate surface area is 115 Å². The molecule has 3 nitrogen and oxygen atoms in total. The lowest BCUT2D eigenvalue weighted by molar-refractivity contribution is -0.114. The van der Waals surface area contributed by atoms with Gasteiger partial charge in [-0.2, -0.15) is 5.10 Å². The highest BCUT2D eigenvalue weighted by Crippen LogP contribution is 2.67. The molecule has 0 spiro atoms. The van der Waals surface area contributed by atoms with E-state index in [9.17, 15) is 0 Å². The van der Waals surface area contributed by atoms with E-state index in [1.807, 2.05) is 17.9 Å². The Morgan fingerprint density at radius 1 is 1.32 bits per heavy atom. The molecule has 3 atom stereocenters. The van der Waals surface area contributed by atoms with Crippen LogP contribution in [0.25, 0.3) is 0 Å². The van der Waals surface area contributed by atoms with E-state index < -0.39 is 0 Å². The molecular formula is C16H25N3. The highest BCUT2D eigenvalue weighted by molar-refractivity contribution is 5.17. The first-order valence-corrected chi connectivity index (χ1v) is 7.73. The van der Waals surface area contributed by atoms with Gasteiger partial charge in [-0.05, 0) is 67.3 Å². The lowest BCUT2D eigenvalue weighted by Gasteiger charge is -2.63. The summed E-state index contributed by atoms with van der Waals surface area (Å²) >= 11 is 0. The normalized spacial score (nSPS) is 45.6. The fourth-order valence-corrected chi connectivity index (χ4v) is 6.16. The first-order chi connectivity index (χ1) is 9.00. The van der Waals surface area contributed by atoms with Crippen molar-refractivity contribution in [2.45, 2.75) is 51.5 Å². The third-order valence-electron chi connectivity index (χ3n) is 6.24. The van der Waals surface area contributed by atoms with Crippen molar-refractivity contribution in [3.63, 3.8) is 0 Å². The second-order valence-electron chi connectivity index (χ2n) is 7.99. The Kier molecular flexibility index (Phi) is 2.28. The van der Waals surface area contributed by atoms with Gasteiger partial charge < -0.3 is 5.73 Å². The molecule has 3 heteroatoms. The molecule has 1 heterocycles. The van der Waals surface area contributed by atoms with Crippen LogP contribution in [0.4, 0.5) is 0 Å². The van der Waals surface area contributed by atoms with E-state index in [1.165, 1.54) is 44.2 Å². The van der Waals surface area contributed by atoms with Gasteiger partial charge in [0.2, 0.25) is 0 Å². The van der Waals surface area contributed by atoms with Crippen LogP contribution in [0.15, 0.2) is 12.3 Å². The summed E-state index contributed by atoms with van der Waals surface area (Å²) in [6, 6.07) is 2.29. The van der Waals surface area contributed by atoms with E-state index in [0.717, 1.165) is 11.8 Å². The minimum Gasteiger partial charge on any atom is -0.322 e. The number of rotatable bonds is 2. The molecule has 4 saturated carbocycles. The standard InChI is InChI=1S/C16H25N3/c1-15-6-11-5-12(7-15)9-16(8-11,10-15)14(17)13-3-4-18-19(13)2/h3-4,11-12,14H,5-10,17H2,1-2H3. The van der Waals surface area contributed by atoms with Gasteiger partial charge in [0.25, 0.3) is 0 Å². The third-order valence-corrected chi connectivity index (χ3v) is 6.24. The number of hydrogen-bond donors (Lipinski definition) is 1. The molecule has 1 aromatic heterocycles. The van der Waals surface area contributed by atoms with Gasteiger partial charge in [-0.1, -0.05) is 6.92 Å². The predicted molar refractivity (Wildman–Crippen MR) is 75.4 cm³/mol. The quantitative estimate of drug-likeness (QED) is 0.887. The molecule has 0 radical (unpaired) electrons. The molecule has 0 saturated heterocycles. The van der Waals surface area contributed by atoms with Crippen molar-refractivity contribution in [1.82, 2.24) is 9.78 Å². The average Bonchev–Trinajstić information content (AvgIpc) is 2.71. The molecule has 4 fully saturated rings. The molecule has 1 aromatic rings. The molecule has 0 aromatic carbocycles. The molecule has 4 aliphatic carbocycles. The van der Waals surface area contributed by atoms with Gasteiger partial charge in [0.15, 0.2) is 0 Å². The van der Waals surface area contributed by atoms with E-state index in [4.69, 9.17) is 5.73 Å². The maximum Gasteiger partial charge on any atom is 0.0553 e. The molecule has 3 unspecified atom stereocenters. The van der Waals surface area contributed by atoms with Crippen molar-refractivity contribution in [3.8, 4) is 0 Å². The Hall–Kier alpha value is -0.830. The lowest BCUT2D eigenvalue weighted by Crippen LogP contribution is -2.54. The summed E-state index contributed by atoms with van der Waals surface area (Å²) in [6.07, 6.45) is 10.3. The largest absolute Gasteiger partial charge is 0.322 e. The third kappa shape index (κ3) is 1.63. The van der Waals surface area contributed by atoms with Crippen LogP contribution in [0.5, 0.6) is 0 Å². The predicted octanol–water partition coefficient (Wildman–Crippen LogP) is 3.03. The number of aromatic nitrogens is 2.